The first-order valence-electron chi connectivity index (χ1n) is 6.30. The number of hydrogen-bond donors (Lipinski definition) is 3. The Bertz CT molecular complexity index is 796. The first kappa shape index (κ1) is 13.3. The normalized spacial score (nSPS) is 10.5. The lowest BCUT2D eigenvalue weighted by atomic mass is 9.98. The van der Waals surface area contributed by atoms with Crippen molar-refractivity contribution in [3.05, 3.63) is 64.9 Å². The van der Waals surface area contributed by atoms with Gasteiger partial charge >= 0.3 is 0 Å². The van der Waals surface area contributed by atoms with Gasteiger partial charge in [0.15, 0.2) is 5.82 Å². The number of nitrogens with zero attached hydrogens (tertiary/aromatic N) is 2. The summed E-state index contributed by atoms with van der Waals surface area (Å²) in [6.07, 6.45) is 1.45. The van der Waals surface area contributed by atoms with E-state index in [1.54, 1.807) is 12.1 Å². The molecule has 0 aliphatic heterocycles. The van der Waals surface area contributed by atoms with E-state index in [9.17, 15) is 0 Å². The van der Waals surface area contributed by atoms with Gasteiger partial charge in [-0.15, -0.1) is 0 Å². The average Bonchev–Trinajstić information content (AvgIpc) is 3.02. The Morgan fingerprint density at radius 1 is 1.14 bits per heavy atom. The minimum absolute atomic E-state index is 0.527. The fourth-order valence-electron chi connectivity index (χ4n) is 2.11. The summed E-state index contributed by atoms with van der Waals surface area (Å²) in [6, 6.07) is 12.9. The highest BCUT2D eigenvalue weighted by atomic mass is 35.5. The summed E-state index contributed by atoms with van der Waals surface area (Å²) in [5.41, 5.74) is 9.47. The Morgan fingerprint density at radius 2 is 1.95 bits per heavy atom. The molecule has 0 unspecified atom stereocenters. The summed E-state index contributed by atoms with van der Waals surface area (Å²) in [4.78, 5) is 4.12. The molecule has 0 fully saturated rings. The largest absolute Gasteiger partial charge is 0.398 e. The van der Waals surface area contributed by atoms with Gasteiger partial charge in [-0.3, -0.25) is 10.5 Å². The van der Waals surface area contributed by atoms with Crippen molar-refractivity contribution in [3.8, 4) is 11.4 Å². The van der Waals surface area contributed by atoms with Crippen LogP contribution in [0.25, 0.3) is 11.4 Å². The monoisotopic (exact) mass is 298 g/mol. The van der Waals surface area contributed by atoms with E-state index in [-0.39, 0.29) is 0 Å². The number of nitrogens with two attached hydrogens (primary N) is 2. The van der Waals surface area contributed by atoms with Crippen LogP contribution in [0.1, 0.15) is 11.1 Å². The number of benzene rings is 2. The van der Waals surface area contributed by atoms with Gasteiger partial charge in [-0.1, -0.05) is 23.7 Å². The van der Waals surface area contributed by atoms with Gasteiger partial charge in [-0.25, -0.2) is 4.98 Å². The Balaban J connectivity index is 2.08. The number of rotatable bonds is 3. The summed E-state index contributed by atoms with van der Waals surface area (Å²) < 4.78 is 0. The number of H-pyrrole nitrogens is 1. The molecular formula is C15H13ClN5+. The molecule has 0 amide bonds. The van der Waals surface area contributed by atoms with Gasteiger partial charge in [0.2, 0.25) is 5.71 Å². The van der Waals surface area contributed by atoms with Crippen molar-refractivity contribution >= 4 is 23.0 Å². The Hall–Kier alpha value is -2.66. The number of nitrogens with one attached hydrogen (secondary N) is 1. The molecule has 0 aliphatic carbocycles. The maximum absolute atomic E-state index is 6.25. The van der Waals surface area contributed by atoms with Crippen molar-refractivity contribution in [3.63, 3.8) is 0 Å². The number of halogens is 1. The van der Waals surface area contributed by atoms with Crippen LogP contribution in [-0.2, 0) is 0 Å². The van der Waals surface area contributed by atoms with Gasteiger partial charge in [0.05, 0.1) is 16.1 Å². The summed E-state index contributed by atoms with van der Waals surface area (Å²) in [5.74, 6) is 0.656. The molecule has 5 N–H and O–H groups in total. The van der Waals surface area contributed by atoms with Crippen LogP contribution in [0.3, 0.4) is 0 Å². The molecule has 0 spiro atoms. The van der Waals surface area contributed by atoms with Crippen LogP contribution in [0.15, 0.2) is 48.8 Å². The van der Waals surface area contributed by atoms with Gasteiger partial charge in [-0.05, 0) is 30.3 Å². The van der Waals surface area contributed by atoms with Crippen LogP contribution in [0.5, 0.6) is 0 Å². The predicted molar refractivity (Wildman–Crippen MR) is 82.8 cm³/mol. The zero-order chi connectivity index (χ0) is 14.8. The van der Waals surface area contributed by atoms with Crippen LogP contribution in [-0.4, -0.2) is 20.9 Å². The predicted octanol–water partition coefficient (Wildman–Crippen LogP) is 1.30. The van der Waals surface area contributed by atoms with E-state index < -0.39 is 0 Å². The third kappa shape index (κ3) is 2.51. The third-order valence-corrected chi connectivity index (χ3v) is 3.53. The van der Waals surface area contributed by atoms with Crippen LogP contribution in [0, 0.1) is 0 Å². The molecular weight excluding hydrogens is 286 g/mol. The highest BCUT2D eigenvalue weighted by molar-refractivity contribution is 6.35. The smallest absolute Gasteiger partial charge is 0.214 e. The molecule has 6 heteroatoms. The first-order chi connectivity index (χ1) is 10.2. The summed E-state index contributed by atoms with van der Waals surface area (Å²) in [6.45, 7) is 0. The minimum atomic E-state index is 0.527. The molecule has 1 heterocycles. The van der Waals surface area contributed by atoms with Crippen molar-refractivity contribution in [1.82, 2.24) is 15.2 Å². The van der Waals surface area contributed by atoms with Crippen molar-refractivity contribution < 1.29 is 5.41 Å². The molecule has 0 radical (unpaired) electrons. The molecule has 0 aliphatic rings. The zero-order valence-corrected chi connectivity index (χ0v) is 11.8. The van der Waals surface area contributed by atoms with Crippen LogP contribution >= 0.6 is 11.6 Å². The lowest BCUT2D eigenvalue weighted by Gasteiger charge is -2.07. The molecule has 0 saturated heterocycles. The highest BCUT2D eigenvalue weighted by Crippen LogP contribution is 2.24. The summed E-state index contributed by atoms with van der Waals surface area (Å²) >= 11 is 6.19. The fraction of sp³-hybridized carbons (Fsp3) is 0. The Kier molecular flexibility index (Phi) is 3.41. The first-order valence-corrected chi connectivity index (χ1v) is 6.67. The van der Waals surface area contributed by atoms with E-state index in [1.807, 2.05) is 30.3 Å². The highest BCUT2D eigenvalue weighted by Gasteiger charge is 2.17. The lowest BCUT2D eigenvalue weighted by Crippen LogP contribution is -2.41. The molecule has 0 saturated carbocycles. The van der Waals surface area contributed by atoms with Gasteiger partial charge in [0.1, 0.15) is 6.33 Å². The van der Waals surface area contributed by atoms with Crippen molar-refractivity contribution in [1.29, 1.82) is 0 Å². The van der Waals surface area contributed by atoms with E-state index >= 15 is 0 Å². The molecule has 2 aromatic carbocycles. The number of hydrogen-bond acceptors (Lipinski definition) is 3. The lowest BCUT2D eigenvalue weighted by molar-refractivity contribution is -0.111. The van der Waals surface area contributed by atoms with E-state index in [4.69, 9.17) is 22.7 Å². The molecule has 5 nitrogen and oxygen atoms in total. The minimum Gasteiger partial charge on any atom is -0.398 e. The molecule has 1 aromatic heterocycles. The van der Waals surface area contributed by atoms with E-state index in [0.29, 0.717) is 22.2 Å². The van der Waals surface area contributed by atoms with Crippen LogP contribution in [0.2, 0.25) is 5.02 Å². The fourth-order valence-corrected chi connectivity index (χ4v) is 2.34. The maximum Gasteiger partial charge on any atom is 0.214 e. The van der Waals surface area contributed by atoms with E-state index in [2.05, 4.69) is 15.2 Å². The standard InChI is InChI=1S/C15H12ClN5/c16-12-4-2-1-3-10(12)14(18)11-7-9(5-6-13(11)17)15-19-8-20-21-15/h1-8,18H,17H2,(H,19,20,21)/p+1. The molecule has 104 valence electrons. The second-order valence-corrected chi connectivity index (χ2v) is 4.94. The van der Waals surface area contributed by atoms with Gasteiger partial charge in [0, 0.05) is 11.3 Å². The molecule has 0 atom stereocenters. The second-order valence-electron chi connectivity index (χ2n) is 4.53. The molecule has 3 aromatic rings. The van der Waals surface area contributed by atoms with Gasteiger partial charge < -0.3 is 5.73 Å². The molecule has 21 heavy (non-hydrogen) atoms. The molecule has 3 rings (SSSR count). The third-order valence-electron chi connectivity index (χ3n) is 3.20. The molecule has 0 bridgehead atoms. The van der Waals surface area contributed by atoms with Gasteiger partial charge in [0.25, 0.3) is 0 Å². The van der Waals surface area contributed by atoms with E-state index in [1.165, 1.54) is 6.33 Å². The van der Waals surface area contributed by atoms with Gasteiger partial charge in [-0.2, -0.15) is 5.10 Å². The van der Waals surface area contributed by atoms with Crippen molar-refractivity contribution in [2.24, 2.45) is 0 Å². The number of anilines is 1. The average molecular weight is 299 g/mol. The number of aromatic nitrogens is 3. The SMILES string of the molecule is Nc1ccc(-c2ncn[nH]2)cc1C(=[NH2+])c1ccccc1Cl. The number of aromatic amines is 1. The Morgan fingerprint density at radius 3 is 2.67 bits per heavy atom. The zero-order valence-electron chi connectivity index (χ0n) is 11.0. The number of nitrogen functional groups attached to an aromatic ring is 1. The van der Waals surface area contributed by atoms with E-state index in [0.717, 1.165) is 16.7 Å². The second kappa shape index (κ2) is 5.38. The van der Waals surface area contributed by atoms with Crippen molar-refractivity contribution in [2.45, 2.75) is 0 Å². The topological polar surface area (TPSA) is 93.2 Å². The summed E-state index contributed by atoms with van der Waals surface area (Å²) in [5, 5.41) is 13.5. The van der Waals surface area contributed by atoms with Crippen molar-refractivity contribution in [2.75, 3.05) is 5.73 Å². The Labute approximate surface area is 126 Å². The summed E-state index contributed by atoms with van der Waals surface area (Å²) in [7, 11) is 0. The maximum atomic E-state index is 6.25. The van der Waals surface area contributed by atoms with Crippen LogP contribution < -0.4 is 11.1 Å². The quantitative estimate of drug-likeness (QED) is 0.502. The van der Waals surface area contributed by atoms with Crippen LogP contribution in [0.4, 0.5) is 5.69 Å².